The van der Waals surface area contributed by atoms with E-state index >= 15 is 0 Å². The highest BCUT2D eigenvalue weighted by atomic mass is 16.5. The molecule has 0 spiro atoms. The standard InChI is InChI=1S/C9H12O2/c1-2-10-7-3-5-9-6-4-8-11-9/h3-6,8H,2,7H2,1H3/b5-3+. The summed E-state index contributed by atoms with van der Waals surface area (Å²) in [4.78, 5) is 0. The molecule has 0 unspecified atom stereocenters. The van der Waals surface area contributed by atoms with Crippen molar-refractivity contribution in [3.05, 3.63) is 30.2 Å². The fourth-order valence-electron chi connectivity index (χ4n) is 0.736. The van der Waals surface area contributed by atoms with Gasteiger partial charge in [0, 0.05) is 6.61 Å². The summed E-state index contributed by atoms with van der Waals surface area (Å²) in [5, 5.41) is 0. The maximum absolute atomic E-state index is 5.10. The van der Waals surface area contributed by atoms with Gasteiger partial charge >= 0.3 is 0 Å². The summed E-state index contributed by atoms with van der Waals surface area (Å²) in [7, 11) is 0. The Morgan fingerprint density at radius 1 is 1.64 bits per heavy atom. The number of rotatable bonds is 4. The lowest BCUT2D eigenvalue weighted by Crippen LogP contribution is -1.87. The second-order valence-corrected chi connectivity index (χ2v) is 2.08. The van der Waals surface area contributed by atoms with E-state index in [1.54, 1.807) is 6.26 Å². The second kappa shape index (κ2) is 4.74. The number of furan rings is 1. The average Bonchev–Trinajstić information content (AvgIpc) is 2.50. The molecule has 0 saturated heterocycles. The lowest BCUT2D eigenvalue weighted by atomic mass is 10.4. The molecule has 1 heterocycles. The second-order valence-electron chi connectivity index (χ2n) is 2.08. The summed E-state index contributed by atoms with van der Waals surface area (Å²) in [5.74, 6) is 0.865. The molecule has 0 aliphatic rings. The Hall–Kier alpha value is -1.02. The normalized spacial score (nSPS) is 11.0. The molecule has 0 aliphatic heterocycles. The molecule has 0 radical (unpaired) electrons. The minimum atomic E-state index is 0.650. The Kier molecular flexibility index (Phi) is 3.48. The monoisotopic (exact) mass is 152 g/mol. The molecule has 0 saturated carbocycles. The molecule has 0 N–H and O–H groups in total. The molecule has 0 fully saturated rings. The highest BCUT2D eigenvalue weighted by molar-refractivity contribution is 5.41. The SMILES string of the molecule is CCOC/C=C/c1ccco1. The summed E-state index contributed by atoms with van der Waals surface area (Å²) in [5.41, 5.74) is 0. The van der Waals surface area contributed by atoms with Gasteiger partial charge in [0.1, 0.15) is 5.76 Å². The van der Waals surface area contributed by atoms with E-state index in [0.29, 0.717) is 6.61 Å². The van der Waals surface area contributed by atoms with E-state index in [1.165, 1.54) is 0 Å². The van der Waals surface area contributed by atoms with Gasteiger partial charge in [-0.05, 0) is 25.1 Å². The van der Waals surface area contributed by atoms with E-state index in [2.05, 4.69) is 0 Å². The van der Waals surface area contributed by atoms with E-state index in [9.17, 15) is 0 Å². The van der Waals surface area contributed by atoms with Crippen molar-refractivity contribution >= 4 is 6.08 Å². The Labute approximate surface area is 66.5 Å². The highest BCUT2D eigenvalue weighted by Crippen LogP contribution is 2.01. The van der Waals surface area contributed by atoms with Crippen LogP contribution < -0.4 is 0 Å². The van der Waals surface area contributed by atoms with Gasteiger partial charge in [-0.2, -0.15) is 0 Å². The van der Waals surface area contributed by atoms with Gasteiger partial charge in [-0.15, -0.1) is 0 Å². The Morgan fingerprint density at radius 3 is 3.18 bits per heavy atom. The topological polar surface area (TPSA) is 22.4 Å². The van der Waals surface area contributed by atoms with Gasteiger partial charge < -0.3 is 9.15 Å². The van der Waals surface area contributed by atoms with Crippen molar-refractivity contribution in [3.63, 3.8) is 0 Å². The van der Waals surface area contributed by atoms with E-state index in [1.807, 2.05) is 31.2 Å². The maximum Gasteiger partial charge on any atom is 0.126 e. The molecule has 2 heteroatoms. The van der Waals surface area contributed by atoms with Gasteiger partial charge in [0.25, 0.3) is 0 Å². The minimum absolute atomic E-state index is 0.650. The summed E-state index contributed by atoms with van der Waals surface area (Å²) >= 11 is 0. The first-order chi connectivity index (χ1) is 5.43. The van der Waals surface area contributed by atoms with Gasteiger partial charge in [-0.25, -0.2) is 0 Å². The molecule has 0 aliphatic carbocycles. The zero-order chi connectivity index (χ0) is 7.94. The summed E-state index contributed by atoms with van der Waals surface area (Å²) in [6.45, 7) is 3.38. The quantitative estimate of drug-likeness (QED) is 0.618. The van der Waals surface area contributed by atoms with Crippen LogP contribution in [0.1, 0.15) is 12.7 Å². The Morgan fingerprint density at radius 2 is 2.55 bits per heavy atom. The van der Waals surface area contributed by atoms with Crippen LogP contribution in [0.25, 0.3) is 6.08 Å². The van der Waals surface area contributed by atoms with Crippen molar-refractivity contribution in [1.82, 2.24) is 0 Å². The molecule has 2 nitrogen and oxygen atoms in total. The third-order valence-corrected chi connectivity index (χ3v) is 1.24. The molecule has 0 aromatic carbocycles. The van der Waals surface area contributed by atoms with Crippen LogP contribution in [0, 0.1) is 0 Å². The molecule has 0 atom stereocenters. The third kappa shape index (κ3) is 3.05. The zero-order valence-electron chi connectivity index (χ0n) is 6.62. The third-order valence-electron chi connectivity index (χ3n) is 1.24. The minimum Gasteiger partial charge on any atom is -0.465 e. The largest absolute Gasteiger partial charge is 0.465 e. The molecule has 1 aromatic heterocycles. The van der Waals surface area contributed by atoms with Crippen LogP contribution in [0.2, 0.25) is 0 Å². The van der Waals surface area contributed by atoms with Crippen molar-refractivity contribution in [2.24, 2.45) is 0 Å². The van der Waals surface area contributed by atoms with Crippen LogP contribution in [0.5, 0.6) is 0 Å². The van der Waals surface area contributed by atoms with Crippen molar-refractivity contribution in [1.29, 1.82) is 0 Å². The summed E-state index contributed by atoms with van der Waals surface area (Å²) in [6.07, 6.45) is 5.48. The smallest absolute Gasteiger partial charge is 0.126 e. The van der Waals surface area contributed by atoms with Crippen LogP contribution in [0.3, 0.4) is 0 Å². The summed E-state index contributed by atoms with van der Waals surface area (Å²) < 4.78 is 10.2. The zero-order valence-corrected chi connectivity index (χ0v) is 6.62. The van der Waals surface area contributed by atoms with Gasteiger partial charge in [-0.3, -0.25) is 0 Å². The first-order valence-electron chi connectivity index (χ1n) is 3.71. The Balaban J connectivity index is 2.25. The van der Waals surface area contributed by atoms with E-state index in [0.717, 1.165) is 12.4 Å². The number of hydrogen-bond donors (Lipinski definition) is 0. The van der Waals surface area contributed by atoms with Crippen LogP contribution in [-0.4, -0.2) is 13.2 Å². The van der Waals surface area contributed by atoms with E-state index < -0.39 is 0 Å². The number of ether oxygens (including phenoxy) is 1. The first-order valence-corrected chi connectivity index (χ1v) is 3.71. The Bertz CT molecular complexity index is 199. The van der Waals surface area contributed by atoms with Gasteiger partial charge in [0.15, 0.2) is 0 Å². The van der Waals surface area contributed by atoms with Crippen molar-refractivity contribution in [3.8, 4) is 0 Å². The molecule has 0 amide bonds. The van der Waals surface area contributed by atoms with Gasteiger partial charge in [0.2, 0.25) is 0 Å². The highest BCUT2D eigenvalue weighted by Gasteiger charge is 1.85. The molecular formula is C9H12O2. The number of hydrogen-bond acceptors (Lipinski definition) is 2. The van der Waals surface area contributed by atoms with Crippen LogP contribution in [0.15, 0.2) is 28.9 Å². The fourth-order valence-corrected chi connectivity index (χ4v) is 0.736. The summed E-state index contributed by atoms with van der Waals surface area (Å²) in [6, 6.07) is 3.77. The predicted molar refractivity (Wildman–Crippen MR) is 44.2 cm³/mol. The predicted octanol–water partition coefficient (Wildman–Crippen LogP) is 2.33. The van der Waals surface area contributed by atoms with Crippen LogP contribution in [-0.2, 0) is 4.74 Å². The molecule has 1 rings (SSSR count). The first kappa shape index (κ1) is 8.08. The lowest BCUT2D eigenvalue weighted by Gasteiger charge is -1.91. The van der Waals surface area contributed by atoms with Gasteiger partial charge in [0.05, 0.1) is 12.9 Å². The van der Waals surface area contributed by atoms with E-state index in [-0.39, 0.29) is 0 Å². The molecule has 11 heavy (non-hydrogen) atoms. The van der Waals surface area contributed by atoms with Crippen LogP contribution >= 0.6 is 0 Å². The molecule has 1 aromatic rings. The lowest BCUT2D eigenvalue weighted by molar-refractivity contribution is 0.178. The van der Waals surface area contributed by atoms with Gasteiger partial charge in [-0.1, -0.05) is 6.08 Å². The molecule has 60 valence electrons. The average molecular weight is 152 g/mol. The fraction of sp³-hybridized carbons (Fsp3) is 0.333. The van der Waals surface area contributed by atoms with Crippen molar-refractivity contribution in [2.45, 2.75) is 6.92 Å². The van der Waals surface area contributed by atoms with E-state index in [4.69, 9.17) is 9.15 Å². The molecule has 0 bridgehead atoms. The van der Waals surface area contributed by atoms with Crippen molar-refractivity contribution in [2.75, 3.05) is 13.2 Å². The molecular weight excluding hydrogens is 140 g/mol. The van der Waals surface area contributed by atoms with Crippen LogP contribution in [0.4, 0.5) is 0 Å². The van der Waals surface area contributed by atoms with Crippen molar-refractivity contribution < 1.29 is 9.15 Å². The maximum atomic E-state index is 5.10.